The number of hydrogen-bond acceptors (Lipinski definition) is 10. The van der Waals surface area contributed by atoms with E-state index in [9.17, 15) is 23.1 Å². The highest BCUT2D eigenvalue weighted by atomic mass is 32.2. The molecule has 0 radical (unpaired) electrons. The number of aliphatic hydroxyl groups is 1. The second-order valence-corrected chi connectivity index (χ2v) is 9.55. The Morgan fingerprint density at radius 1 is 1.12 bits per heavy atom. The average molecular weight is 495 g/mol. The first-order valence-corrected chi connectivity index (χ1v) is 11.7. The van der Waals surface area contributed by atoms with Crippen molar-refractivity contribution in [2.75, 3.05) is 32.7 Å². The first-order valence-electron chi connectivity index (χ1n) is 10.3. The molecule has 2 heterocycles. The van der Waals surface area contributed by atoms with Gasteiger partial charge in [-0.3, -0.25) is 14.9 Å². The number of esters is 1. The number of benzene rings is 1. The lowest BCUT2D eigenvalue weighted by Gasteiger charge is -2.22. The number of nitrogens with zero attached hydrogens (tertiary/aromatic N) is 3. The summed E-state index contributed by atoms with van der Waals surface area (Å²) in [6, 6.07) is 4.75. The van der Waals surface area contributed by atoms with Gasteiger partial charge in [0.15, 0.2) is 6.61 Å². The zero-order valence-electron chi connectivity index (χ0n) is 19.1. The Bertz CT molecular complexity index is 1170. The highest BCUT2D eigenvalue weighted by molar-refractivity contribution is 7.89. The van der Waals surface area contributed by atoms with Crippen LogP contribution in [0.15, 0.2) is 29.2 Å². The maximum Gasteiger partial charge on any atom is 0.325 e. The Balaban J connectivity index is 1.68. The highest BCUT2D eigenvalue weighted by Gasteiger charge is 2.44. The van der Waals surface area contributed by atoms with Crippen LogP contribution in [0.3, 0.4) is 0 Å². The Labute approximate surface area is 196 Å². The topological polar surface area (TPSA) is 157 Å². The summed E-state index contributed by atoms with van der Waals surface area (Å²) in [6.07, 6.45) is -1.20. The lowest BCUT2D eigenvalue weighted by Crippen LogP contribution is -2.42. The summed E-state index contributed by atoms with van der Waals surface area (Å²) in [5.41, 5.74) is 1.69. The molecule has 34 heavy (non-hydrogen) atoms. The van der Waals surface area contributed by atoms with Crippen LogP contribution >= 0.6 is 0 Å². The zero-order chi connectivity index (χ0) is 25.0. The van der Waals surface area contributed by atoms with Crippen molar-refractivity contribution in [3.05, 3.63) is 35.4 Å². The molecule has 1 amide bonds. The van der Waals surface area contributed by atoms with Gasteiger partial charge in [0.2, 0.25) is 27.7 Å². The predicted octanol–water partition coefficient (Wildman–Crippen LogP) is 0.416. The Hall–Kier alpha value is -3.29. The van der Waals surface area contributed by atoms with E-state index in [4.69, 9.17) is 14.2 Å². The molecule has 2 N–H and O–H groups in total. The number of aliphatic hydroxyl groups excluding tert-OH is 1. The number of carbonyl (C=O) groups is 2. The SMILES string of the molecule is COc1cc(OC)nc(NC(=O)COC(=O)C2CC(O)CN2S(=O)(=O)c2ccc(C)c(C)c2)n1. The minimum absolute atomic E-state index is 0.00404. The van der Waals surface area contributed by atoms with Crippen molar-refractivity contribution in [3.63, 3.8) is 0 Å². The number of rotatable bonds is 8. The van der Waals surface area contributed by atoms with Crippen molar-refractivity contribution in [2.45, 2.75) is 37.3 Å². The molecule has 2 aromatic rings. The van der Waals surface area contributed by atoms with Crippen molar-refractivity contribution < 1.29 is 37.3 Å². The molecule has 0 aliphatic carbocycles. The largest absolute Gasteiger partial charge is 0.481 e. The molecule has 1 aliphatic rings. The summed E-state index contributed by atoms with van der Waals surface area (Å²) in [5.74, 6) is -1.56. The number of nitrogens with one attached hydrogen (secondary N) is 1. The molecule has 0 bridgehead atoms. The highest BCUT2D eigenvalue weighted by Crippen LogP contribution is 2.28. The van der Waals surface area contributed by atoms with E-state index in [0.29, 0.717) is 0 Å². The Morgan fingerprint density at radius 2 is 1.76 bits per heavy atom. The molecule has 1 fully saturated rings. The van der Waals surface area contributed by atoms with Crippen LogP contribution in [0.25, 0.3) is 0 Å². The molecule has 184 valence electrons. The van der Waals surface area contributed by atoms with Crippen LogP contribution in [0.5, 0.6) is 11.8 Å². The number of anilines is 1. The summed E-state index contributed by atoms with van der Waals surface area (Å²) < 4.78 is 42.2. The molecule has 0 spiro atoms. The van der Waals surface area contributed by atoms with Gasteiger partial charge in [-0.1, -0.05) is 6.07 Å². The quantitative estimate of drug-likeness (QED) is 0.493. The van der Waals surface area contributed by atoms with Gasteiger partial charge < -0.3 is 19.3 Å². The minimum Gasteiger partial charge on any atom is -0.481 e. The summed E-state index contributed by atoms with van der Waals surface area (Å²) in [7, 11) is -1.33. The summed E-state index contributed by atoms with van der Waals surface area (Å²) in [5, 5.41) is 12.4. The van der Waals surface area contributed by atoms with Crippen molar-refractivity contribution in [2.24, 2.45) is 0 Å². The van der Waals surface area contributed by atoms with E-state index in [0.717, 1.165) is 15.4 Å². The standard InChI is InChI=1S/C21H26N4O8S/c1-12-5-6-15(7-13(12)2)34(29,30)25-10-14(26)8-16(25)20(28)33-11-17(27)22-21-23-18(31-3)9-19(24-21)32-4/h5-7,9,14,16,26H,8,10-11H2,1-4H3,(H,22,23,24,27). The second-order valence-electron chi connectivity index (χ2n) is 7.66. The summed E-state index contributed by atoms with van der Waals surface area (Å²) in [4.78, 5) is 32.8. The number of methoxy groups -OCH3 is 2. The number of aromatic nitrogens is 2. The molecule has 1 aromatic carbocycles. The Kier molecular flexibility index (Phi) is 7.69. The van der Waals surface area contributed by atoms with E-state index in [-0.39, 0.29) is 35.6 Å². The molecule has 2 atom stereocenters. The summed E-state index contributed by atoms with van der Waals surface area (Å²) in [6.45, 7) is 2.65. The van der Waals surface area contributed by atoms with Crippen LogP contribution in [-0.2, 0) is 24.3 Å². The van der Waals surface area contributed by atoms with Crippen LogP contribution in [-0.4, -0.2) is 79.2 Å². The van der Waals surface area contributed by atoms with Gasteiger partial charge in [0, 0.05) is 13.0 Å². The lowest BCUT2D eigenvalue weighted by molar-refractivity contribution is -0.150. The van der Waals surface area contributed by atoms with Gasteiger partial charge in [0.1, 0.15) is 6.04 Å². The second kappa shape index (κ2) is 10.3. The molecule has 1 aliphatic heterocycles. The van der Waals surface area contributed by atoms with Crippen LogP contribution in [0.1, 0.15) is 17.5 Å². The number of aryl methyl sites for hydroxylation is 2. The molecule has 13 heteroatoms. The van der Waals surface area contributed by atoms with Gasteiger partial charge in [-0.05, 0) is 37.1 Å². The number of hydrogen-bond donors (Lipinski definition) is 2. The van der Waals surface area contributed by atoms with E-state index in [1.165, 1.54) is 32.4 Å². The maximum atomic E-state index is 13.1. The van der Waals surface area contributed by atoms with Gasteiger partial charge in [0.25, 0.3) is 5.91 Å². The fourth-order valence-electron chi connectivity index (χ4n) is 3.34. The van der Waals surface area contributed by atoms with Crippen molar-refractivity contribution in [1.82, 2.24) is 14.3 Å². The Morgan fingerprint density at radius 3 is 2.35 bits per heavy atom. The number of carbonyl (C=O) groups excluding carboxylic acids is 2. The van der Waals surface area contributed by atoms with E-state index in [1.54, 1.807) is 13.0 Å². The fraction of sp³-hybridized carbons (Fsp3) is 0.429. The predicted molar refractivity (Wildman–Crippen MR) is 119 cm³/mol. The maximum absolute atomic E-state index is 13.1. The van der Waals surface area contributed by atoms with Gasteiger partial charge in [-0.2, -0.15) is 14.3 Å². The van der Waals surface area contributed by atoms with Gasteiger partial charge in [-0.25, -0.2) is 8.42 Å². The molecule has 1 aromatic heterocycles. The number of β-amino-alcohol motifs (C(OH)–C–C–N with tert-alkyl or cyclic N) is 1. The molecule has 0 saturated carbocycles. The van der Waals surface area contributed by atoms with E-state index >= 15 is 0 Å². The monoisotopic (exact) mass is 494 g/mol. The lowest BCUT2D eigenvalue weighted by atomic mass is 10.1. The normalized spacial score (nSPS) is 18.4. The van der Waals surface area contributed by atoms with Crippen LogP contribution in [0.2, 0.25) is 0 Å². The third kappa shape index (κ3) is 5.61. The van der Waals surface area contributed by atoms with Crippen molar-refractivity contribution in [3.8, 4) is 11.8 Å². The average Bonchev–Trinajstić information content (AvgIpc) is 3.21. The molecular weight excluding hydrogens is 468 g/mol. The fourth-order valence-corrected chi connectivity index (χ4v) is 5.05. The first-order chi connectivity index (χ1) is 16.0. The third-order valence-electron chi connectivity index (χ3n) is 5.28. The van der Waals surface area contributed by atoms with Crippen molar-refractivity contribution >= 4 is 27.8 Å². The third-order valence-corrected chi connectivity index (χ3v) is 7.16. The summed E-state index contributed by atoms with van der Waals surface area (Å²) >= 11 is 0. The minimum atomic E-state index is -4.08. The number of amides is 1. The molecule has 2 unspecified atom stereocenters. The molecular formula is C21H26N4O8S. The van der Waals surface area contributed by atoms with Gasteiger partial charge in [-0.15, -0.1) is 0 Å². The number of ether oxygens (including phenoxy) is 3. The molecule has 1 saturated heterocycles. The van der Waals surface area contributed by atoms with Gasteiger partial charge >= 0.3 is 5.97 Å². The van der Waals surface area contributed by atoms with Crippen molar-refractivity contribution in [1.29, 1.82) is 0 Å². The van der Waals surface area contributed by atoms with Gasteiger partial charge in [0.05, 0.1) is 31.3 Å². The zero-order valence-corrected chi connectivity index (χ0v) is 20.0. The van der Waals surface area contributed by atoms with E-state index in [1.807, 2.05) is 6.92 Å². The van der Waals surface area contributed by atoms with E-state index in [2.05, 4.69) is 15.3 Å². The number of sulfonamides is 1. The molecule has 3 rings (SSSR count). The van der Waals surface area contributed by atoms with E-state index < -0.39 is 40.7 Å². The molecule has 12 nitrogen and oxygen atoms in total. The van der Waals surface area contributed by atoms with Crippen LogP contribution < -0.4 is 14.8 Å². The smallest absolute Gasteiger partial charge is 0.325 e. The van der Waals surface area contributed by atoms with Crippen LogP contribution in [0, 0.1) is 13.8 Å². The van der Waals surface area contributed by atoms with Crippen LogP contribution in [0.4, 0.5) is 5.95 Å². The first kappa shape index (κ1) is 25.3.